The van der Waals surface area contributed by atoms with Crippen molar-refractivity contribution in [1.82, 2.24) is 0 Å². The molecular formula is C18H16O4. The van der Waals surface area contributed by atoms with E-state index >= 15 is 0 Å². The molecule has 112 valence electrons. The van der Waals surface area contributed by atoms with Crippen LogP contribution in [0.25, 0.3) is 0 Å². The van der Waals surface area contributed by atoms with E-state index in [9.17, 15) is 9.59 Å². The van der Waals surface area contributed by atoms with Crippen molar-refractivity contribution in [3.63, 3.8) is 0 Å². The summed E-state index contributed by atoms with van der Waals surface area (Å²) in [6.45, 7) is 0. The molecule has 2 aromatic carbocycles. The monoisotopic (exact) mass is 296 g/mol. The predicted octanol–water partition coefficient (Wildman–Crippen LogP) is 2.73. The molecule has 22 heavy (non-hydrogen) atoms. The van der Waals surface area contributed by atoms with Crippen molar-refractivity contribution < 1.29 is 19.4 Å². The second-order valence-electron chi connectivity index (χ2n) is 5.49. The normalized spacial score (nSPS) is 16.1. The molecule has 4 heteroatoms. The first-order valence-corrected chi connectivity index (χ1v) is 7.12. The van der Waals surface area contributed by atoms with Crippen molar-refractivity contribution in [3.8, 4) is 5.75 Å². The topological polar surface area (TPSA) is 63.6 Å². The molecule has 0 radical (unpaired) electrons. The maximum atomic E-state index is 12.6. The van der Waals surface area contributed by atoms with Crippen LogP contribution in [-0.2, 0) is 17.6 Å². The third kappa shape index (κ3) is 2.60. The van der Waals surface area contributed by atoms with Gasteiger partial charge in [-0.15, -0.1) is 0 Å². The van der Waals surface area contributed by atoms with Crippen LogP contribution in [0.15, 0.2) is 42.5 Å². The van der Waals surface area contributed by atoms with Crippen molar-refractivity contribution in [2.24, 2.45) is 5.92 Å². The molecule has 1 aliphatic rings. The summed E-state index contributed by atoms with van der Waals surface area (Å²) in [7, 11) is 1.56. The zero-order valence-electron chi connectivity index (χ0n) is 12.2. The fraction of sp³-hybridized carbons (Fsp3) is 0.222. The van der Waals surface area contributed by atoms with Gasteiger partial charge < -0.3 is 9.84 Å². The van der Waals surface area contributed by atoms with Gasteiger partial charge in [-0.05, 0) is 42.2 Å². The van der Waals surface area contributed by atoms with Gasteiger partial charge in [0.15, 0.2) is 5.78 Å². The maximum Gasteiger partial charge on any atom is 0.307 e. The first-order valence-electron chi connectivity index (χ1n) is 7.12. The Morgan fingerprint density at radius 3 is 2.50 bits per heavy atom. The summed E-state index contributed by atoms with van der Waals surface area (Å²) < 4.78 is 5.14. The van der Waals surface area contributed by atoms with Crippen LogP contribution in [0.3, 0.4) is 0 Å². The second kappa shape index (κ2) is 5.64. The van der Waals surface area contributed by atoms with E-state index < -0.39 is 5.97 Å². The number of ketones is 1. The smallest absolute Gasteiger partial charge is 0.307 e. The lowest BCUT2D eigenvalue weighted by molar-refractivity contribution is -0.141. The minimum Gasteiger partial charge on any atom is -0.497 e. The zero-order valence-corrected chi connectivity index (χ0v) is 12.2. The van der Waals surface area contributed by atoms with Gasteiger partial charge in [-0.3, -0.25) is 9.59 Å². The number of carbonyl (C=O) groups is 2. The second-order valence-corrected chi connectivity index (χ2v) is 5.49. The first-order chi connectivity index (χ1) is 10.6. The van der Waals surface area contributed by atoms with Crippen molar-refractivity contribution in [1.29, 1.82) is 0 Å². The Hall–Kier alpha value is -2.62. The van der Waals surface area contributed by atoms with E-state index in [1.807, 2.05) is 12.1 Å². The van der Waals surface area contributed by atoms with Crippen molar-refractivity contribution in [2.45, 2.75) is 12.8 Å². The molecule has 1 N–H and O–H groups in total. The van der Waals surface area contributed by atoms with Crippen LogP contribution in [0, 0.1) is 5.92 Å². The lowest BCUT2D eigenvalue weighted by Gasteiger charge is -2.06. The van der Waals surface area contributed by atoms with Crippen molar-refractivity contribution >= 4 is 11.8 Å². The van der Waals surface area contributed by atoms with Gasteiger partial charge in [-0.25, -0.2) is 0 Å². The molecule has 1 unspecified atom stereocenters. The highest BCUT2D eigenvalue weighted by molar-refractivity contribution is 6.09. The van der Waals surface area contributed by atoms with E-state index in [1.54, 1.807) is 37.4 Å². The fourth-order valence-electron chi connectivity index (χ4n) is 2.86. The summed E-state index contributed by atoms with van der Waals surface area (Å²) in [5.41, 5.74) is 3.13. The first kappa shape index (κ1) is 14.3. The Balaban J connectivity index is 1.89. The summed E-state index contributed by atoms with van der Waals surface area (Å²) in [5.74, 6) is -0.604. The van der Waals surface area contributed by atoms with Crippen LogP contribution in [0.5, 0.6) is 5.75 Å². The zero-order chi connectivity index (χ0) is 15.7. The van der Waals surface area contributed by atoms with Gasteiger partial charge in [0.2, 0.25) is 0 Å². The Morgan fingerprint density at radius 2 is 1.77 bits per heavy atom. The number of carbonyl (C=O) groups excluding carboxylic acids is 1. The largest absolute Gasteiger partial charge is 0.497 e. The molecule has 2 aromatic rings. The Labute approximate surface area is 128 Å². The van der Waals surface area contributed by atoms with E-state index in [4.69, 9.17) is 9.84 Å². The summed E-state index contributed by atoms with van der Waals surface area (Å²) in [6, 6.07) is 12.5. The number of hydrogen-bond acceptors (Lipinski definition) is 3. The molecule has 0 heterocycles. The van der Waals surface area contributed by atoms with E-state index in [2.05, 4.69) is 0 Å². The van der Waals surface area contributed by atoms with Gasteiger partial charge in [-0.2, -0.15) is 0 Å². The van der Waals surface area contributed by atoms with Gasteiger partial charge >= 0.3 is 5.97 Å². The Kier molecular flexibility index (Phi) is 3.67. The average molecular weight is 296 g/mol. The highest BCUT2D eigenvalue weighted by Crippen LogP contribution is 2.28. The number of hydrogen-bond donors (Lipinski definition) is 1. The number of carboxylic acids is 1. The average Bonchev–Trinajstić information content (AvgIpc) is 2.97. The molecule has 3 rings (SSSR count). The van der Waals surface area contributed by atoms with Crippen molar-refractivity contribution in [2.75, 3.05) is 7.11 Å². The van der Waals surface area contributed by atoms with Gasteiger partial charge in [-0.1, -0.05) is 24.3 Å². The lowest BCUT2D eigenvalue weighted by atomic mass is 9.99. The summed E-state index contributed by atoms with van der Waals surface area (Å²) in [6.07, 6.45) is 1.03. The van der Waals surface area contributed by atoms with Gasteiger partial charge in [0.1, 0.15) is 5.75 Å². The third-order valence-corrected chi connectivity index (χ3v) is 4.08. The number of fused-ring (bicyclic) bond motifs is 1. The van der Waals surface area contributed by atoms with Gasteiger partial charge in [0.25, 0.3) is 0 Å². The molecule has 4 nitrogen and oxygen atoms in total. The fourth-order valence-corrected chi connectivity index (χ4v) is 2.86. The summed E-state index contributed by atoms with van der Waals surface area (Å²) >= 11 is 0. The molecule has 1 atom stereocenters. The van der Waals surface area contributed by atoms with Crippen LogP contribution < -0.4 is 4.74 Å². The van der Waals surface area contributed by atoms with E-state index in [0.717, 1.165) is 11.1 Å². The molecule has 0 fully saturated rings. The van der Waals surface area contributed by atoms with Crippen LogP contribution >= 0.6 is 0 Å². The molecule has 0 saturated carbocycles. The summed E-state index contributed by atoms with van der Waals surface area (Å²) in [5, 5.41) is 9.12. The maximum absolute atomic E-state index is 12.6. The van der Waals surface area contributed by atoms with E-state index in [0.29, 0.717) is 29.7 Å². The standard InChI is InChI=1S/C18H16O4/c1-22-16-4-2-3-12(10-16)17(19)13-6-5-11-7-15(18(20)21)9-14(11)8-13/h2-6,8,10,15H,7,9H2,1H3,(H,20,21). The number of aliphatic carboxylic acids is 1. The van der Waals surface area contributed by atoms with Crippen LogP contribution in [-0.4, -0.2) is 24.0 Å². The van der Waals surface area contributed by atoms with Crippen LogP contribution in [0.1, 0.15) is 27.0 Å². The number of methoxy groups -OCH3 is 1. The highest BCUT2D eigenvalue weighted by atomic mass is 16.5. The molecule has 1 aliphatic carbocycles. The molecule has 0 spiro atoms. The summed E-state index contributed by atoms with van der Waals surface area (Å²) in [4.78, 5) is 23.7. The van der Waals surface area contributed by atoms with E-state index in [1.165, 1.54) is 0 Å². The van der Waals surface area contributed by atoms with Crippen molar-refractivity contribution in [3.05, 3.63) is 64.7 Å². The molecule has 0 bridgehead atoms. The number of benzene rings is 2. The molecule has 0 aromatic heterocycles. The third-order valence-electron chi connectivity index (χ3n) is 4.08. The minimum absolute atomic E-state index is 0.0829. The predicted molar refractivity (Wildman–Crippen MR) is 81.4 cm³/mol. The van der Waals surface area contributed by atoms with Crippen LogP contribution in [0.4, 0.5) is 0 Å². The molecular weight excluding hydrogens is 280 g/mol. The molecule has 0 aliphatic heterocycles. The Bertz CT molecular complexity index is 749. The van der Waals surface area contributed by atoms with Gasteiger partial charge in [0.05, 0.1) is 13.0 Å². The lowest BCUT2D eigenvalue weighted by Crippen LogP contribution is -2.12. The van der Waals surface area contributed by atoms with E-state index in [-0.39, 0.29) is 11.7 Å². The number of carboxylic acid groups (broad SMARTS) is 1. The Morgan fingerprint density at radius 1 is 1.05 bits per heavy atom. The SMILES string of the molecule is COc1cccc(C(=O)c2ccc3c(c2)CC(C(=O)O)C3)c1. The molecule has 0 saturated heterocycles. The number of rotatable bonds is 4. The minimum atomic E-state index is -0.781. The number of ether oxygens (including phenoxy) is 1. The quantitative estimate of drug-likeness (QED) is 0.881. The van der Waals surface area contributed by atoms with Crippen LogP contribution in [0.2, 0.25) is 0 Å². The van der Waals surface area contributed by atoms with Gasteiger partial charge in [0, 0.05) is 11.1 Å². The molecule has 0 amide bonds. The highest BCUT2D eigenvalue weighted by Gasteiger charge is 2.27.